The van der Waals surface area contributed by atoms with E-state index in [-0.39, 0.29) is 0 Å². The summed E-state index contributed by atoms with van der Waals surface area (Å²) >= 11 is 0. The molecule has 0 aromatic carbocycles. The predicted molar refractivity (Wildman–Crippen MR) is 86.4 cm³/mol. The van der Waals surface area contributed by atoms with Crippen molar-refractivity contribution < 1.29 is 0 Å². The molecule has 0 amide bonds. The van der Waals surface area contributed by atoms with E-state index in [1.54, 1.807) is 0 Å². The molecular weight excluding hydrogens is 260 g/mol. The summed E-state index contributed by atoms with van der Waals surface area (Å²) in [6, 6.07) is 2.26. The van der Waals surface area contributed by atoms with Crippen LogP contribution in [0.3, 0.4) is 0 Å². The smallest absolute Gasteiger partial charge is 0.0641 e. The van der Waals surface area contributed by atoms with E-state index in [1.165, 1.54) is 49.1 Å². The highest BCUT2D eigenvalue weighted by Crippen LogP contribution is 2.35. The quantitative estimate of drug-likeness (QED) is 0.925. The van der Waals surface area contributed by atoms with Crippen LogP contribution in [0, 0.1) is 13.8 Å². The lowest BCUT2D eigenvalue weighted by Gasteiger charge is -2.49. The first-order chi connectivity index (χ1) is 10.1. The highest BCUT2D eigenvalue weighted by Gasteiger charge is 2.38. The van der Waals surface area contributed by atoms with E-state index in [0.29, 0.717) is 0 Å². The summed E-state index contributed by atoms with van der Waals surface area (Å²) in [7, 11) is 2.06. The lowest BCUT2D eigenvalue weighted by molar-refractivity contribution is 0.0177. The van der Waals surface area contributed by atoms with Crippen LogP contribution in [0.5, 0.6) is 0 Å². The first-order valence-electron chi connectivity index (χ1n) is 8.58. The average molecular weight is 290 g/mol. The van der Waals surface area contributed by atoms with Crippen molar-refractivity contribution in [3.8, 4) is 0 Å². The summed E-state index contributed by atoms with van der Waals surface area (Å²) < 4.78 is 2.03. The summed E-state index contributed by atoms with van der Waals surface area (Å²) in [6.07, 6.45) is 6.80. The predicted octanol–water partition coefficient (Wildman–Crippen LogP) is 2.53. The van der Waals surface area contributed by atoms with E-state index in [0.717, 1.165) is 31.2 Å². The van der Waals surface area contributed by atoms with Crippen LogP contribution in [0.2, 0.25) is 0 Å². The summed E-state index contributed by atoms with van der Waals surface area (Å²) in [5.74, 6) is 0. The molecule has 0 saturated carbocycles. The van der Waals surface area contributed by atoms with Gasteiger partial charge in [-0.2, -0.15) is 5.10 Å². The molecule has 1 N–H and O–H groups in total. The average Bonchev–Trinajstić information content (AvgIpc) is 2.66. The standard InChI is InChI=1S/C17H30N4/c1-5-18-14-9-15-7-6-8-16(10-14)21(15)11-17-12(2)19-20(4)13(17)3/h14-16,18H,5-11H2,1-4H3. The zero-order valence-electron chi connectivity index (χ0n) is 14.0. The maximum absolute atomic E-state index is 4.59. The molecule has 3 heterocycles. The number of piperidine rings is 2. The van der Waals surface area contributed by atoms with Crippen molar-refractivity contribution in [1.29, 1.82) is 0 Å². The maximum atomic E-state index is 4.59. The monoisotopic (exact) mass is 290 g/mol. The molecule has 2 unspecified atom stereocenters. The fourth-order valence-corrected chi connectivity index (χ4v) is 4.42. The van der Waals surface area contributed by atoms with Crippen molar-refractivity contribution in [1.82, 2.24) is 20.0 Å². The van der Waals surface area contributed by atoms with Gasteiger partial charge in [0.2, 0.25) is 0 Å². The number of rotatable bonds is 4. The highest BCUT2D eigenvalue weighted by molar-refractivity contribution is 5.24. The fourth-order valence-electron chi connectivity index (χ4n) is 4.42. The van der Waals surface area contributed by atoms with Crippen LogP contribution >= 0.6 is 0 Å². The zero-order chi connectivity index (χ0) is 15.0. The molecule has 21 heavy (non-hydrogen) atoms. The molecule has 0 aliphatic carbocycles. The molecule has 3 rings (SSSR count). The summed E-state index contributed by atoms with van der Waals surface area (Å²) in [6.45, 7) is 8.79. The Hall–Kier alpha value is -0.870. The van der Waals surface area contributed by atoms with Gasteiger partial charge in [-0.25, -0.2) is 0 Å². The zero-order valence-corrected chi connectivity index (χ0v) is 14.0. The third-order valence-corrected chi connectivity index (χ3v) is 5.62. The normalized spacial score (nSPS) is 29.8. The Morgan fingerprint density at radius 1 is 1.19 bits per heavy atom. The largest absolute Gasteiger partial charge is 0.314 e. The maximum Gasteiger partial charge on any atom is 0.0641 e. The van der Waals surface area contributed by atoms with Crippen LogP contribution in [-0.4, -0.2) is 39.4 Å². The first kappa shape index (κ1) is 15.0. The van der Waals surface area contributed by atoms with Crippen LogP contribution in [0.4, 0.5) is 0 Å². The molecule has 4 nitrogen and oxygen atoms in total. The summed E-state index contributed by atoms with van der Waals surface area (Å²) in [5.41, 5.74) is 4.00. The Labute approximate surface area is 128 Å². The molecule has 2 aliphatic rings. The van der Waals surface area contributed by atoms with Crippen molar-refractivity contribution in [2.45, 2.75) is 77.5 Å². The third kappa shape index (κ3) is 2.88. The van der Waals surface area contributed by atoms with Gasteiger partial charge in [-0.05, 0) is 46.1 Å². The van der Waals surface area contributed by atoms with Crippen LogP contribution in [0.1, 0.15) is 56.0 Å². The van der Waals surface area contributed by atoms with Crippen LogP contribution in [0.15, 0.2) is 0 Å². The highest BCUT2D eigenvalue weighted by atomic mass is 15.3. The van der Waals surface area contributed by atoms with E-state index in [1.807, 2.05) is 4.68 Å². The van der Waals surface area contributed by atoms with E-state index in [2.05, 4.69) is 43.1 Å². The number of nitrogens with zero attached hydrogens (tertiary/aromatic N) is 3. The summed E-state index contributed by atoms with van der Waals surface area (Å²) in [5, 5.41) is 8.27. The molecule has 2 aliphatic heterocycles. The molecule has 2 fully saturated rings. The number of nitrogens with one attached hydrogen (secondary N) is 1. The van der Waals surface area contributed by atoms with Crippen molar-refractivity contribution >= 4 is 0 Å². The number of hydrogen-bond donors (Lipinski definition) is 1. The molecule has 4 heteroatoms. The van der Waals surface area contributed by atoms with Crippen LogP contribution < -0.4 is 5.32 Å². The topological polar surface area (TPSA) is 33.1 Å². The second-order valence-corrected chi connectivity index (χ2v) is 6.91. The Kier molecular flexibility index (Phi) is 4.36. The number of aromatic nitrogens is 2. The molecule has 2 atom stereocenters. The molecule has 0 spiro atoms. The Morgan fingerprint density at radius 3 is 2.38 bits per heavy atom. The minimum atomic E-state index is 0.734. The van der Waals surface area contributed by atoms with Gasteiger partial charge < -0.3 is 5.32 Å². The van der Waals surface area contributed by atoms with E-state index >= 15 is 0 Å². The van der Waals surface area contributed by atoms with Crippen molar-refractivity contribution in [3.63, 3.8) is 0 Å². The van der Waals surface area contributed by atoms with Crippen molar-refractivity contribution in [2.24, 2.45) is 7.05 Å². The molecule has 118 valence electrons. The Morgan fingerprint density at radius 2 is 1.86 bits per heavy atom. The van der Waals surface area contributed by atoms with E-state index in [9.17, 15) is 0 Å². The fraction of sp³-hybridized carbons (Fsp3) is 0.824. The SMILES string of the molecule is CCNC1CC2CCCC(C1)N2Cc1c(C)nn(C)c1C. The Bertz CT molecular complexity index is 479. The van der Waals surface area contributed by atoms with Crippen molar-refractivity contribution in [2.75, 3.05) is 6.54 Å². The van der Waals surface area contributed by atoms with E-state index < -0.39 is 0 Å². The van der Waals surface area contributed by atoms with Gasteiger partial charge >= 0.3 is 0 Å². The summed E-state index contributed by atoms with van der Waals surface area (Å²) in [4.78, 5) is 2.79. The van der Waals surface area contributed by atoms with Gasteiger partial charge in [0.25, 0.3) is 0 Å². The molecule has 2 bridgehead atoms. The molecule has 1 aromatic rings. The second kappa shape index (κ2) is 6.09. The third-order valence-electron chi connectivity index (χ3n) is 5.62. The van der Waals surface area contributed by atoms with Gasteiger partial charge in [0.15, 0.2) is 0 Å². The van der Waals surface area contributed by atoms with Gasteiger partial charge in [-0.1, -0.05) is 13.3 Å². The van der Waals surface area contributed by atoms with Crippen molar-refractivity contribution in [3.05, 3.63) is 17.0 Å². The number of hydrogen-bond acceptors (Lipinski definition) is 3. The minimum absolute atomic E-state index is 0.734. The van der Waals surface area contributed by atoms with E-state index in [4.69, 9.17) is 0 Å². The second-order valence-electron chi connectivity index (χ2n) is 6.91. The lowest BCUT2D eigenvalue weighted by Crippen LogP contribution is -2.55. The molecule has 0 radical (unpaired) electrons. The first-order valence-corrected chi connectivity index (χ1v) is 8.58. The van der Waals surface area contributed by atoms with Gasteiger partial charge in [-0.15, -0.1) is 0 Å². The molecular formula is C17H30N4. The van der Waals surface area contributed by atoms with Gasteiger partial charge in [0.05, 0.1) is 5.69 Å². The van der Waals surface area contributed by atoms with Crippen LogP contribution in [-0.2, 0) is 13.6 Å². The van der Waals surface area contributed by atoms with Crippen LogP contribution in [0.25, 0.3) is 0 Å². The number of fused-ring (bicyclic) bond motifs is 2. The molecule has 2 saturated heterocycles. The lowest BCUT2D eigenvalue weighted by atomic mass is 9.81. The van der Waals surface area contributed by atoms with Gasteiger partial charge in [0, 0.05) is 43.0 Å². The Balaban J connectivity index is 1.76. The number of aryl methyl sites for hydroxylation is 2. The molecule has 1 aromatic heterocycles. The minimum Gasteiger partial charge on any atom is -0.314 e. The van der Waals surface area contributed by atoms with Gasteiger partial charge in [0.1, 0.15) is 0 Å². The van der Waals surface area contributed by atoms with Gasteiger partial charge in [-0.3, -0.25) is 9.58 Å².